The van der Waals surface area contributed by atoms with Crippen molar-refractivity contribution in [3.05, 3.63) is 78.4 Å². The van der Waals surface area contributed by atoms with Crippen LogP contribution in [0, 0.1) is 5.92 Å². The SMILES string of the molecule is CC(C)C(=O)c1ccc(-c2ccc(-c3ccc(OP(=O)(O)O)cc3)cc2)cc1. The highest BCUT2D eigenvalue weighted by atomic mass is 31.2. The minimum Gasteiger partial charge on any atom is -0.404 e. The molecule has 2 N–H and O–H groups in total. The van der Waals surface area contributed by atoms with Gasteiger partial charge in [-0.05, 0) is 34.4 Å². The van der Waals surface area contributed by atoms with E-state index >= 15 is 0 Å². The number of benzene rings is 3. The van der Waals surface area contributed by atoms with E-state index in [1.54, 1.807) is 12.1 Å². The van der Waals surface area contributed by atoms with Crippen LogP contribution in [0.4, 0.5) is 0 Å². The van der Waals surface area contributed by atoms with Gasteiger partial charge < -0.3 is 4.52 Å². The first-order valence-electron chi connectivity index (χ1n) is 8.83. The van der Waals surface area contributed by atoms with E-state index in [0.717, 1.165) is 22.3 Å². The van der Waals surface area contributed by atoms with Gasteiger partial charge in [-0.2, -0.15) is 0 Å². The first-order valence-corrected chi connectivity index (χ1v) is 10.4. The normalized spacial score (nSPS) is 11.5. The molecule has 6 heteroatoms. The molecular weight excluding hydrogens is 375 g/mol. The van der Waals surface area contributed by atoms with Crippen molar-refractivity contribution in [2.24, 2.45) is 5.92 Å². The van der Waals surface area contributed by atoms with Gasteiger partial charge >= 0.3 is 7.82 Å². The quantitative estimate of drug-likeness (QED) is 0.435. The Balaban J connectivity index is 1.76. The maximum atomic E-state index is 12.0. The van der Waals surface area contributed by atoms with Crippen molar-refractivity contribution in [2.45, 2.75) is 13.8 Å². The summed E-state index contributed by atoms with van der Waals surface area (Å²) in [5, 5.41) is 0. The van der Waals surface area contributed by atoms with Gasteiger partial charge in [-0.15, -0.1) is 0 Å². The zero-order chi connectivity index (χ0) is 20.3. The number of phosphoric ester groups is 1. The van der Waals surface area contributed by atoms with Crippen LogP contribution in [0.25, 0.3) is 22.3 Å². The summed E-state index contributed by atoms with van der Waals surface area (Å²) in [7, 11) is -4.55. The second kappa shape index (κ2) is 8.11. The molecule has 0 unspecified atom stereocenters. The number of hydrogen-bond donors (Lipinski definition) is 2. The number of hydrogen-bond acceptors (Lipinski definition) is 3. The molecule has 0 spiro atoms. The van der Waals surface area contributed by atoms with E-state index in [0.29, 0.717) is 5.56 Å². The number of carbonyl (C=O) groups is 1. The molecule has 0 fully saturated rings. The van der Waals surface area contributed by atoms with Crippen LogP contribution in [0.15, 0.2) is 72.8 Å². The van der Waals surface area contributed by atoms with Gasteiger partial charge in [0.15, 0.2) is 5.78 Å². The van der Waals surface area contributed by atoms with Gasteiger partial charge in [-0.3, -0.25) is 14.6 Å². The fraction of sp³-hybridized carbons (Fsp3) is 0.136. The highest BCUT2D eigenvalue weighted by Gasteiger charge is 2.15. The van der Waals surface area contributed by atoms with Crippen molar-refractivity contribution < 1.29 is 23.7 Å². The van der Waals surface area contributed by atoms with Gasteiger partial charge in [0.05, 0.1) is 0 Å². The first kappa shape index (κ1) is 20.0. The molecule has 0 aromatic heterocycles. The van der Waals surface area contributed by atoms with Crippen LogP contribution < -0.4 is 4.52 Å². The monoisotopic (exact) mass is 396 g/mol. The topological polar surface area (TPSA) is 83.8 Å². The number of Topliss-reactive ketones (excluding diaryl/α,β-unsaturated/α-hetero) is 1. The molecule has 0 heterocycles. The highest BCUT2D eigenvalue weighted by Crippen LogP contribution is 2.38. The fourth-order valence-electron chi connectivity index (χ4n) is 2.86. The van der Waals surface area contributed by atoms with Gasteiger partial charge in [-0.25, -0.2) is 4.57 Å². The van der Waals surface area contributed by atoms with Crippen molar-refractivity contribution in [1.82, 2.24) is 0 Å². The molecule has 0 aliphatic carbocycles. The Kier molecular flexibility index (Phi) is 5.80. The molecular formula is C22H21O5P. The minimum absolute atomic E-state index is 0.0244. The van der Waals surface area contributed by atoms with E-state index in [1.807, 2.05) is 62.4 Å². The highest BCUT2D eigenvalue weighted by molar-refractivity contribution is 7.46. The second-order valence-electron chi connectivity index (χ2n) is 6.78. The molecule has 0 atom stereocenters. The Morgan fingerprint density at radius 3 is 1.46 bits per heavy atom. The van der Waals surface area contributed by atoms with E-state index < -0.39 is 7.82 Å². The summed E-state index contributed by atoms with van der Waals surface area (Å²) in [6, 6.07) is 22.1. The second-order valence-corrected chi connectivity index (χ2v) is 7.94. The summed E-state index contributed by atoms with van der Waals surface area (Å²) in [5.41, 5.74) is 4.65. The molecule has 28 heavy (non-hydrogen) atoms. The van der Waals surface area contributed by atoms with Crippen molar-refractivity contribution in [3.8, 4) is 28.0 Å². The molecule has 0 saturated carbocycles. The lowest BCUT2D eigenvalue weighted by atomic mass is 9.97. The van der Waals surface area contributed by atoms with Gasteiger partial charge in [-0.1, -0.05) is 74.5 Å². The standard InChI is InChI=1S/C22H21O5P/c1-15(2)22(23)20-9-7-18(8-10-20)16-3-5-17(6-4-16)19-11-13-21(14-12-19)27-28(24,25)26/h3-15H,1-2H3,(H2,24,25,26). The number of phosphoric acid groups is 1. The van der Waals surface area contributed by atoms with E-state index in [9.17, 15) is 9.36 Å². The molecule has 3 aromatic carbocycles. The number of rotatable bonds is 6. The molecule has 0 radical (unpaired) electrons. The summed E-state index contributed by atoms with van der Waals surface area (Å²) in [4.78, 5) is 29.7. The molecule has 0 aliphatic heterocycles. The third kappa shape index (κ3) is 4.96. The van der Waals surface area contributed by atoms with Crippen LogP contribution >= 0.6 is 7.82 Å². The Morgan fingerprint density at radius 1 is 0.750 bits per heavy atom. The summed E-state index contributed by atoms with van der Waals surface area (Å²) >= 11 is 0. The van der Waals surface area contributed by atoms with Crippen LogP contribution in [-0.2, 0) is 4.57 Å². The Hall–Kier alpha value is -2.72. The molecule has 0 amide bonds. The summed E-state index contributed by atoms with van der Waals surface area (Å²) in [6.45, 7) is 3.78. The van der Waals surface area contributed by atoms with Gasteiger partial charge in [0.25, 0.3) is 0 Å². The Bertz CT molecular complexity index is 1000. The molecule has 0 bridgehead atoms. The Labute approximate surface area is 163 Å². The zero-order valence-electron chi connectivity index (χ0n) is 15.6. The van der Waals surface area contributed by atoms with Gasteiger partial charge in [0, 0.05) is 11.5 Å². The largest absolute Gasteiger partial charge is 0.524 e. The molecule has 5 nitrogen and oxygen atoms in total. The summed E-state index contributed by atoms with van der Waals surface area (Å²) < 4.78 is 15.4. The smallest absolute Gasteiger partial charge is 0.404 e. The predicted octanol–water partition coefficient (Wildman–Crippen LogP) is 5.33. The summed E-state index contributed by atoms with van der Waals surface area (Å²) in [5.74, 6) is 0.224. The Morgan fingerprint density at radius 2 is 1.11 bits per heavy atom. The first-order chi connectivity index (χ1) is 13.2. The van der Waals surface area contributed by atoms with Crippen LogP contribution in [0.2, 0.25) is 0 Å². The predicted molar refractivity (Wildman–Crippen MR) is 109 cm³/mol. The third-order valence-corrected chi connectivity index (χ3v) is 4.77. The van der Waals surface area contributed by atoms with Crippen molar-refractivity contribution in [3.63, 3.8) is 0 Å². The van der Waals surface area contributed by atoms with Crippen LogP contribution in [-0.4, -0.2) is 15.6 Å². The van der Waals surface area contributed by atoms with E-state index in [-0.39, 0.29) is 17.5 Å². The van der Waals surface area contributed by atoms with E-state index in [1.165, 1.54) is 12.1 Å². The van der Waals surface area contributed by atoms with Crippen LogP contribution in [0.5, 0.6) is 5.75 Å². The van der Waals surface area contributed by atoms with E-state index in [4.69, 9.17) is 9.79 Å². The van der Waals surface area contributed by atoms with Crippen LogP contribution in [0.3, 0.4) is 0 Å². The molecule has 3 aromatic rings. The maximum absolute atomic E-state index is 12.0. The lowest BCUT2D eigenvalue weighted by Crippen LogP contribution is -2.06. The summed E-state index contributed by atoms with van der Waals surface area (Å²) in [6.07, 6.45) is 0. The van der Waals surface area contributed by atoms with Gasteiger partial charge in [0.1, 0.15) is 5.75 Å². The molecule has 3 rings (SSSR count). The maximum Gasteiger partial charge on any atom is 0.524 e. The average Bonchev–Trinajstić information content (AvgIpc) is 2.67. The molecule has 0 aliphatic rings. The zero-order valence-corrected chi connectivity index (χ0v) is 16.5. The number of carbonyl (C=O) groups excluding carboxylic acids is 1. The number of ketones is 1. The van der Waals surface area contributed by atoms with Crippen molar-refractivity contribution in [1.29, 1.82) is 0 Å². The van der Waals surface area contributed by atoms with Crippen molar-refractivity contribution >= 4 is 13.6 Å². The molecule has 144 valence electrons. The average molecular weight is 396 g/mol. The fourth-order valence-corrected chi connectivity index (χ4v) is 3.26. The van der Waals surface area contributed by atoms with Crippen molar-refractivity contribution in [2.75, 3.05) is 0 Å². The van der Waals surface area contributed by atoms with Crippen LogP contribution in [0.1, 0.15) is 24.2 Å². The van der Waals surface area contributed by atoms with Gasteiger partial charge in [0.2, 0.25) is 0 Å². The molecule has 0 saturated heterocycles. The third-order valence-electron chi connectivity index (χ3n) is 4.32. The van der Waals surface area contributed by atoms with E-state index in [2.05, 4.69) is 4.52 Å². The minimum atomic E-state index is -4.55. The lowest BCUT2D eigenvalue weighted by Gasteiger charge is -2.09. The lowest BCUT2D eigenvalue weighted by molar-refractivity contribution is 0.0939.